The van der Waals surface area contributed by atoms with Gasteiger partial charge < -0.3 is 14.2 Å². The Hall–Kier alpha value is -4.19. The molecule has 6 heteroatoms. The number of ether oxygens (including phenoxy) is 3. The number of rotatable bonds is 56. The molecule has 0 amide bonds. The van der Waals surface area contributed by atoms with Crippen molar-refractivity contribution in [2.45, 2.75) is 290 Å². The van der Waals surface area contributed by atoms with Gasteiger partial charge >= 0.3 is 17.9 Å². The topological polar surface area (TPSA) is 78.9 Å². The number of carbonyl (C=O) groups excluding carboxylic acids is 3. The van der Waals surface area contributed by atoms with Crippen LogP contribution in [-0.4, -0.2) is 37.2 Å². The lowest BCUT2D eigenvalue weighted by molar-refractivity contribution is -0.167. The van der Waals surface area contributed by atoms with Crippen LogP contribution in [0.1, 0.15) is 284 Å². The molecule has 0 spiro atoms. The van der Waals surface area contributed by atoms with Gasteiger partial charge in [-0.1, -0.05) is 258 Å². The summed E-state index contributed by atoms with van der Waals surface area (Å²) in [5, 5.41) is 0. The van der Waals surface area contributed by atoms with Crippen LogP contribution >= 0.6 is 0 Å². The number of esters is 3. The Kier molecular flexibility index (Phi) is 59.9. The molecule has 0 saturated carbocycles. The van der Waals surface area contributed by atoms with E-state index in [-0.39, 0.29) is 31.1 Å². The monoisotopic (exact) mass is 1050 g/mol. The fourth-order valence-corrected chi connectivity index (χ4v) is 8.46. The van der Waals surface area contributed by atoms with Gasteiger partial charge in [-0.15, -0.1) is 0 Å². The Morgan fingerprint density at radius 3 is 0.868 bits per heavy atom. The van der Waals surface area contributed by atoms with Crippen molar-refractivity contribution < 1.29 is 28.6 Å². The molecule has 0 radical (unpaired) electrons. The van der Waals surface area contributed by atoms with Crippen molar-refractivity contribution in [3.05, 3.63) is 122 Å². The van der Waals surface area contributed by atoms with Crippen LogP contribution in [-0.2, 0) is 28.6 Å². The number of carbonyl (C=O) groups is 3. The van der Waals surface area contributed by atoms with E-state index in [1.165, 1.54) is 103 Å². The van der Waals surface area contributed by atoms with Gasteiger partial charge in [0.2, 0.25) is 0 Å². The van der Waals surface area contributed by atoms with E-state index in [0.29, 0.717) is 19.3 Å². The van der Waals surface area contributed by atoms with Gasteiger partial charge in [-0.05, 0) is 128 Å². The van der Waals surface area contributed by atoms with Crippen molar-refractivity contribution >= 4 is 17.9 Å². The summed E-state index contributed by atoms with van der Waals surface area (Å²) in [6.07, 6.45) is 87.8. The molecule has 0 rings (SSSR count). The molecule has 0 aromatic rings. The minimum atomic E-state index is -0.801. The summed E-state index contributed by atoms with van der Waals surface area (Å²) in [5.74, 6) is -0.934. The van der Waals surface area contributed by atoms with Crippen LogP contribution in [0.2, 0.25) is 0 Å². The summed E-state index contributed by atoms with van der Waals surface area (Å²) in [6.45, 7) is 6.43. The first-order valence-corrected chi connectivity index (χ1v) is 31.5. The smallest absolute Gasteiger partial charge is 0.306 e. The first kappa shape index (κ1) is 71.8. The van der Waals surface area contributed by atoms with Crippen molar-refractivity contribution in [2.24, 2.45) is 0 Å². The summed E-state index contributed by atoms with van der Waals surface area (Å²) in [6, 6.07) is 0. The van der Waals surface area contributed by atoms with E-state index in [9.17, 15) is 14.4 Å². The molecular weight excluding hydrogens is 937 g/mol. The van der Waals surface area contributed by atoms with E-state index in [1.807, 2.05) is 0 Å². The Morgan fingerprint density at radius 2 is 0.539 bits per heavy atom. The minimum absolute atomic E-state index is 0.0956. The maximum Gasteiger partial charge on any atom is 0.306 e. The summed E-state index contributed by atoms with van der Waals surface area (Å²) in [5.41, 5.74) is 0. The van der Waals surface area contributed by atoms with Gasteiger partial charge in [-0.25, -0.2) is 0 Å². The molecule has 0 aliphatic carbocycles. The van der Waals surface area contributed by atoms with Crippen LogP contribution in [0.15, 0.2) is 122 Å². The predicted molar refractivity (Wildman–Crippen MR) is 330 cm³/mol. The van der Waals surface area contributed by atoms with Gasteiger partial charge in [0.15, 0.2) is 6.10 Å². The molecule has 0 fully saturated rings. The van der Waals surface area contributed by atoms with Gasteiger partial charge in [-0.2, -0.15) is 0 Å². The van der Waals surface area contributed by atoms with Crippen LogP contribution in [0.5, 0.6) is 0 Å². The Labute approximate surface area is 469 Å². The van der Waals surface area contributed by atoms with Gasteiger partial charge in [0.1, 0.15) is 13.2 Å². The number of allylic oxidation sites excluding steroid dienone is 20. The number of hydrogen-bond acceptors (Lipinski definition) is 6. The van der Waals surface area contributed by atoms with Crippen molar-refractivity contribution in [3.8, 4) is 0 Å². The molecule has 0 aromatic carbocycles. The van der Waals surface area contributed by atoms with E-state index in [1.54, 1.807) is 0 Å². The van der Waals surface area contributed by atoms with Crippen LogP contribution < -0.4 is 0 Å². The average molecular weight is 1050 g/mol. The van der Waals surface area contributed by atoms with E-state index >= 15 is 0 Å². The van der Waals surface area contributed by atoms with Crippen LogP contribution in [0.4, 0.5) is 0 Å². The molecule has 0 aliphatic rings. The Morgan fingerprint density at radius 1 is 0.276 bits per heavy atom. The minimum Gasteiger partial charge on any atom is -0.462 e. The van der Waals surface area contributed by atoms with Crippen molar-refractivity contribution in [3.63, 3.8) is 0 Å². The third kappa shape index (κ3) is 60.7. The molecule has 0 heterocycles. The zero-order valence-corrected chi connectivity index (χ0v) is 49.5. The average Bonchev–Trinajstić information content (AvgIpc) is 3.42. The normalized spacial score (nSPS) is 12.9. The highest BCUT2D eigenvalue weighted by atomic mass is 16.6. The maximum absolute atomic E-state index is 12.9. The highest BCUT2D eigenvalue weighted by Gasteiger charge is 2.19. The molecular formula is C70H116O6. The van der Waals surface area contributed by atoms with Gasteiger partial charge in [-0.3, -0.25) is 14.4 Å². The first-order valence-electron chi connectivity index (χ1n) is 31.5. The second-order valence-electron chi connectivity index (χ2n) is 20.6. The quantitative estimate of drug-likeness (QED) is 0.0261. The lowest BCUT2D eigenvalue weighted by Crippen LogP contribution is -2.30. The maximum atomic E-state index is 12.9. The van der Waals surface area contributed by atoms with Crippen molar-refractivity contribution in [2.75, 3.05) is 13.2 Å². The second kappa shape index (κ2) is 63.3. The summed E-state index contributed by atoms with van der Waals surface area (Å²) in [4.78, 5) is 38.2. The van der Waals surface area contributed by atoms with E-state index in [4.69, 9.17) is 14.2 Å². The fraction of sp³-hybridized carbons (Fsp3) is 0.671. The molecule has 0 N–H and O–H groups in total. The van der Waals surface area contributed by atoms with Crippen LogP contribution in [0.3, 0.4) is 0 Å². The molecule has 0 bridgehead atoms. The van der Waals surface area contributed by atoms with E-state index in [2.05, 4.69) is 142 Å². The standard InChI is InChI=1S/C70H116O6/c1-4-7-10-13-16-19-22-24-26-28-30-32-34-35-37-38-40-42-44-46-48-51-54-57-60-63-69(72)75-66-67(65-74-68(71)62-59-56-53-50-21-18-15-12-9-6-3)76-70(73)64-61-58-55-52-49-47-45-43-41-39-36-33-31-29-27-25-23-20-17-14-11-8-5-2/h8,11-12,15,17,20,22,24-25,27-28,30-31,33-35,39,41,45,47,67H,4-7,9-10,13-14,16,18-19,21,23,26,29,32,36-38,40,42-44,46,48-66H2,1-3H3/b11-8-,15-12-,20-17-,24-22-,27-25-,30-28-,33-31-,35-34-,41-39-,47-45-. The van der Waals surface area contributed by atoms with Gasteiger partial charge in [0.05, 0.1) is 0 Å². The fourth-order valence-electron chi connectivity index (χ4n) is 8.46. The van der Waals surface area contributed by atoms with Crippen molar-refractivity contribution in [1.82, 2.24) is 0 Å². The Bertz CT molecular complexity index is 1590. The molecule has 0 aromatic heterocycles. The summed E-state index contributed by atoms with van der Waals surface area (Å²) >= 11 is 0. The third-order valence-electron chi connectivity index (χ3n) is 13.2. The molecule has 1 unspecified atom stereocenters. The largest absolute Gasteiger partial charge is 0.462 e. The van der Waals surface area contributed by atoms with Crippen LogP contribution in [0.25, 0.3) is 0 Å². The SMILES string of the molecule is CC/C=C\C/C=C\C/C=C\C/C=C\C/C=C\C/C=C\CCCCCCC(=O)OC(COC(=O)CCCCCCC/C=C\CCC)COC(=O)CCCCCCCCCCCC/C=C\C/C=C\C/C=C\CCCCCCC. The summed E-state index contributed by atoms with van der Waals surface area (Å²) < 4.78 is 16.9. The Balaban J connectivity index is 4.34. The zero-order chi connectivity index (χ0) is 55.0. The molecule has 6 nitrogen and oxygen atoms in total. The lowest BCUT2D eigenvalue weighted by Gasteiger charge is -2.18. The molecule has 0 aliphatic heterocycles. The van der Waals surface area contributed by atoms with E-state index in [0.717, 1.165) is 141 Å². The highest BCUT2D eigenvalue weighted by molar-refractivity contribution is 5.71. The van der Waals surface area contributed by atoms with Crippen LogP contribution in [0, 0.1) is 0 Å². The lowest BCUT2D eigenvalue weighted by atomic mass is 10.1. The van der Waals surface area contributed by atoms with E-state index < -0.39 is 6.10 Å². The van der Waals surface area contributed by atoms with Gasteiger partial charge in [0, 0.05) is 19.3 Å². The van der Waals surface area contributed by atoms with Gasteiger partial charge in [0.25, 0.3) is 0 Å². The number of hydrogen-bond donors (Lipinski definition) is 0. The molecule has 432 valence electrons. The second-order valence-corrected chi connectivity index (χ2v) is 20.6. The third-order valence-corrected chi connectivity index (χ3v) is 13.2. The van der Waals surface area contributed by atoms with Crippen molar-refractivity contribution in [1.29, 1.82) is 0 Å². The predicted octanol–water partition coefficient (Wildman–Crippen LogP) is 21.6. The number of unbranched alkanes of at least 4 members (excludes halogenated alkanes) is 25. The summed E-state index contributed by atoms with van der Waals surface area (Å²) in [7, 11) is 0. The zero-order valence-electron chi connectivity index (χ0n) is 49.5. The molecule has 76 heavy (non-hydrogen) atoms. The molecule has 1 atom stereocenters. The first-order chi connectivity index (χ1) is 37.5. The highest BCUT2D eigenvalue weighted by Crippen LogP contribution is 2.15. The molecule has 0 saturated heterocycles.